The summed E-state index contributed by atoms with van der Waals surface area (Å²) in [6.45, 7) is 2.60. The molecule has 0 aliphatic rings. The second kappa shape index (κ2) is 24.5. The monoisotopic (exact) mass is 1070 g/mol. The molecule has 0 saturated heterocycles. The number of nitrogens with one attached hydrogen (secondary N) is 4. The minimum absolute atomic E-state index is 0.0553. The van der Waals surface area contributed by atoms with E-state index in [1.54, 1.807) is 115 Å². The highest BCUT2D eigenvalue weighted by Gasteiger charge is 2.31. The average Bonchev–Trinajstić information content (AvgIpc) is 3.49. The third kappa shape index (κ3) is 14.0. The van der Waals surface area contributed by atoms with Crippen LogP contribution in [0.2, 0.25) is 0 Å². The summed E-state index contributed by atoms with van der Waals surface area (Å²) in [5.74, 6) is -2.74. The number of rotatable bonds is 15. The number of fused-ring (bicyclic) bond motifs is 2. The van der Waals surface area contributed by atoms with Gasteiger partial charge in [0.2, 0.25) is 5.91 Å². The lowest BCUT2D eigenvalue weighted by Gasteiger charge is -2.19. The van der Waals surface area contributed by atoms with Crippen LogP contribution in [0.15, 0.2) is 188 Å². The van der Waals surface area contributed by atoms with Crippen LogP contribution in [0.1, 0.15) is 90.4 Å². The molecule has 0 spiro atoms. The fourth-order valence-corrected chi connectivity index (χ4v) is 8.43. The highest BCUT2D eigenvalue weighted by atomic mass is 19.4. The Hall–Kier alpha value is -9.71. The fourth-order valence-electron chi connectivity index (χ4n) is 8.43. The first-order chi connectivity index (χ1) is 37.9. The minimum atomic E-state index is -4.46. The van der Waals surface area contributed by atoms with Crippen molar-refractivity contribution < 1.29 is 55.4 Å². The van der Waals surface area contributed by atoms with Crippen LogP contribution in [-0.2, 0) is 17.1 Å². The molecule has 7 aromatic carbocycles. The lowest BCUT2D eigenvalue weighted by atomic mass is 9.98. The Morgan fingerprint density at radius 2 is 0.975 bits per heavy atom. The van der Waals surface area contributed by atoms with Crippen LogP contribution in [0.25, 0.3) is 44.1 Å². The smallest absolute Gasteiger partial charge is 0.416 e. The summed E-state index contributed by atoms with van der Waals surface area (Å²) < 4.78 is 77.7. The maximum absolute atomic E-state index is 13.3. The largest absolute Gasteiger partial charge is 0.478 e. The van der Waals surface area contributed by atoms with Crippen LogP contribution < -0.4 is 21.3 Å². The standard InChI is InChI=1S/C37H33F3N4O3.C24H15F3N2O3/c1-2-3-9-20-41-36(47)33(25-10-5-4-6-11-25)44-34(45)27-21-26-16-19-29(22-32(26)42-23-27)43-35(46)31-13-8-7-12-30(31)24-14-17-28(18-15-24)37(38,39)40;25-24(26,27)17-8-5-14(6-9-17)19-3-1-2-4-20(19)22(30)29-18-10-7-15-11-16(23(31)32)13-28-21(15)12-18/h4-8,10-19,21-23,33H,2-3,9,20H2,1H3,(H,41,47)(H,43,46)(H,44,45);1-13H,(H,29,30)(H,31,32)/t33-;/m0./s1. The second-order valence-electron chi connectivity index (χ2n) is 18.0. The van der Waals surface area contributed by atoms with E-state index >= 15 is 0 Å². The zero-order valence-electron chi connectivity index (χ0n) is 42.0. The first-order valence-electron chi connectivity index (χ1n) is 24.7. The first-order valence-corrected chi connectivity index (χ1v) is 24.7. The molecule has 0 radical (unpaired) electrons. The van der Waals surface area contributed by atoms with Gasteiger partial charge in [0, 0.05) is 52.2 Å². The summed E-state index contributed by atoms with van der Waals surface area (Å²) >= 11 is 0. The first kappa shape index (κ1) is 55.5. The van der Waals surface area contributed by atoms with E-state index in [2.05, 4.69) is 38.2 Å². The van der Waals surface area contributed by atoms with Crippen molar-refractivity contribution in [1.82, 2.24) is 20.6 Å². The van der Waals surface area contributed by atoms with Crippen LogP contribution in [0.3, 0.4) is 0 Å². The predicted molar refractivity (Wildman–Crippen MR) is 289 cm³/mol. The van der Waals surface area contributed by atoms with Gasteiger partial charge in [-0.15, -0.1) is 0 Å². The van der Waals surface area contributed by atoms with E-state index in [9.17, 15) is 50.3 Å². The Bertz CT molecular complexity index is 3690. The van der Waals surface area contributed by atoms with E-state index < -0.39 is 53.2 Å². The summed E-state index contributed by atoms with van der Waals surface area (Å²) in [6.07, 6.45) is -3.39. The Balaban J connectivity index is 0.000000223. The van der Waals surface area contributed by atoms with Gasteiger partial charge in [0.1, 0.15) is 6.04 Å². The van der Waals surface area contributed by atoms with Crippen molar-refractivity contribution >= 4 is 62.8 Å². The number of carbonyl (C=O) groups is 5. The molecule has 12 nitrogen and oxygen atoms in total. The van der Waals surface area contributed by atoms with E-state index in [0.717, 1.165) is 43.5 Å². The number of carboxylic acids is 1. The highest BCUT2D eigenvalue weighted by Crippen LogP contribution is 2.34. The van der Waals surface area contributed by atoms with Crippen molar-refractivity contribution in [3.63, 3.8) is 0 Å². The number of hydrogen-bond acceptors (Lipinski definition) is 7. The van der Waals surface area contributed by atoms with Gasteiger partial charge in [-0.3, -0.25) is 29.1 Å². The lowest BCUT2D eigenvalue weighted by molar-refractivity contribution is -0.138. The maximum Gasteiger partial charge on any atom is 0.416 e. The topological polar surface area (TPSA) is 179 Å². The average molecular weight is 1080 g/mol. The van der Waals surface area contributed by atoms with Gasteiger partial charge >= 0.3 is 18.3 Å². The molecule has 2 heterocycles. The molecule has 4 amide bonds. The molecule has 0 aliphatic carbocycles. The number of hydrogen-bond donors (Lipinski definition) is 5. The summed E-state index contributed by atoms with van der Waals surface area (Å²) in [5.41, 5.74) is 3.85. The van der Waals surface area contributed by atoms with E-state index in [0.29, 0.717) is 73.1 Å². The molecule has 5 N–H and O–H groups in total. The number of aromatic nitrogens is 2. The van der Waals surface area contributed by atoms with E-state index in [1.807, 2.05) is 6.07 Å². The van der Waals surface area contributed by atoms with Crippen molar-refractivity contribution in [2.45, 2.75) is 44.6 Å². The Kier molecular flexibility index (Phi) is 17.2. The zero-order valence-corrected chi connectivity index (χ0v) is 42.0. The van der Waals surface area contributed by atoms with Crippen LogP contribution >= 0.6 is 0 Å². The number of unbranched alkanes of at least 4 members (excludes halogenated alkanes) is 2. The molecule has 400 valence electrons. The minimum Gasteiger partial charge on any atom is -0.478 e. The number of carbonyl (C=O) groups excluding carboxylic acids is 4. The number of pyridine rings is 2. The number of alkyl halides is 6. The zero-order chi connectivity index (χ0) is 56.3. The van der Waals surface area contributed by atoms with Crippen molar-refractivity contribution in [3.8, 4) is 22.3 Å². The van der Waals surface area contributed by atoms with E-state index in [4.69, 9.17) is 5.11 Å². The number of amides is 4. The summed E-state index contributed by atoms with van der Waals surface area (Å²) in [5, 5.41) is 21.6. The Morgan fingerprint density at radius 1 is 0.519 bits per heavy atom. The van der Waals surface area contributed by atoms with Gasteiger partial charge in [0.25, 0.3) is 17.7 Å². The number of halogens is 6. The van der Waals surface area contributed by atoms with Crippen LogP contribution in [-0.4, -0.2) is 51.2 Å². The summed E-state index contributed by atoms with van der Waals surface area (Å²) in [7, 11) is 0. The molecular weight excluding hydrogens is 1030 g/mol. The SMILES string of the molecule is CCCCCNC(=O)[C@@H](NC(=O)c1cnc2cc(NC(=O)c3ccccc3-c3ccc(C(F)(F)F)cc3)ccc2c1)c1ccccc1.O=C(O)c1cnc2cc(NC(=O)c3ccccc3-c3ccc(C(F)(F)F)cc3)ccc2c1. The number of benzene rings is 7. The Labute approximate surface area is 448 Å². The maximum atomic E-state index is 13.3. The molecule has 79 heavy (non-hydrogen) atoms. The molecule has 1 atom stereocenters. The van der Waals surface area contributed by atoms with E-state index in [-0.39, 0.29) is 22.6 Å². The molecule has 0 unspecified atom stereocenters. The Morgan fingerprint density at radius 3 is 1.44 bits per heavy atom. The summed E-state index contributed by atoms with van der Waals surface area (Å²) in [6, 6.07) is 43.7. The molecule has 0 fully saturated rings. The normalized spacial score (nSPS) is 11.7. The van der Waals surface area contributed by atoms with Gasteiger partial charge < -0.3 is 26.4 Å². The molecule has 9 aromatic rings. The van der Waals surface area contributed by atoms with Crippen molar-refractivity contribution in [1.29, 1.82) is 0 Å². The van der Waals surface area contributed by atoms with Crippen LogP contribution in [0.4, 0.5) is 37.7 Å². The number of aromatic carboxylic acids is 1. The fraction of sp³-hybridized carbons (Fsp3) is 0.131. The van der Waals surface area contributed by atoms with Crippen molar-refractivity contribution in [2.24, 2.45) is 0 Å². The van der Waals surface area contributed by atoms with Crippen molar-refractivity contribution in [2.75, 3.05) is 17.2 Å². The highest BCUT2D eigenvalue weighted by molar-refractivity contribution is 6.10. The van der Waals surface area contributed by atoms with Gasteiger partial charge in [-0.2, -0.15) is 26.3 Å². The van der Waals surface area contributed by atoms with Crippen LogP contribution in [0, 0.1) is 0 Å². The predicted octanol–water partition coefficient (Wildman–Crippen LogP) is 13.8. The molecule has 0 saturated carbocycles. The third-order valence-corrected chi connectivity index (χ3v) is 12.5. The molecule has 0 aliphatic heterocycles. The molecular formula is C61H48F6N6O6. The molecule has 0 bridgehead atoms. The lowest BCUT2D eigenvalue weighted by Crippen LogP contribution is -2.40. The summed E-state index contributed by atoms with van der Waals surface area (Å²) in [4.78, 5) is 72.2. The van der Waals surface area contributed by atoms with E-state index in [1.165, 1.54) is 42.7 Å². The number of anilines is 2. The number of nitrogens with zero attached hydrogens (tertiary/aromatic N) is 2. The van der Waals surface area contributed by atoms with Gasteiger partial charge in [0.15, 0.2) is 0 Å². The van der Waals surface area contributed by atoms with Crippen molar-refractivity contribution in [3.05, 3.63) is 227 Å². The van der Waals surface area contributed by atoms with Gasteiger partial charge in [0.05, 0.1) is 33.3 Å². The molecule has 9 rings (SSSR count). The van der Waals surface area contributed by atoms with Gasteiger partial charge in [-0.1, -0.05) is 123 Å². The molecule has 18 heteroatoms. The number of carboxylic acid groups (broad SMARTS) is 1. The second-order valence-corrected chi connectivity index (χ2v) is 18.0. The quantitative estimate of drug-likeness (QED) is 0.0497. The molecule has 2 aromatic heterocycles. The van der Waals surface area contributed by atoms with Gasteiger partial charge in [-0.25, -0.2) is 4.79 Å². The van der Waals surface area contributed by atoms with Crippen LogP contribution in [0.5, 0.6) is 0 Å². The third-order valence-electron chi connectivity index (χ3n) is 12.5. The van der Waals surface area contributed by atoms with Gasteiger partial charge in [-0.05, 0) is 107 Å².